The van der Waals surface area contributed by atoms with E-state index < -0.39 is 0 Å². The molecule has 228 valence electrons. The highest BCUT2D eigenvalue weighted by Gasteiger charge is 2.18. The molecule has 5 heteroatoms. The van der Waals surface area contributed by atoms with Gasteiger partial charge in [-0.3, -0.25) is 0 Å². The molecule has 9 rings (SSSR count). The number of benzene rings is 6. The Morgan fingerprint density at radius 1 is 0.408 bits per heavy atom. The van der Waals surface area contributed by atoms with Crippen LogP contribution < -0.4 is 0 Å². The summed E-state index contributed by atoms with van der Waals surface area (Å²) < 4.78 is 6.06. The molecule has 6 aromatic carbocycles. The third-order valence-corrected chi connectivity index (χ3v) is 8.92. The summed E-state index contributed by atoms with van der Waals surface area (Å²) in [5.41, 5.74) is 13.1. The lowest BCUT2D eigenvalue weighted by atomic mass is 9.98. The molecule has 9 aromatic rings. The van der Waals surface area contributed by atoms with Crippen molar-refractivity contribution in [3.8, 4) is 62.2 Å². The van der Waals surface area contributed by atoms with Crippen LogP contribution in [-0.4, -0.2) is 15.0 Å². The second-order valence-electron chi connectivity index (χ2n) is 12.0. The number of hydrogen-bond acceptors (Lipinski definition) is 5. The normalized spacial score (nSPS) is 11.2. The molecule has 0 saturated heterocycles. The molecule has 0 spiro atoms. The van der Waals surface area contributed by atoms with Crippen LogP contribution in [0.5, 0.6) is 0 Å². The van der Waals surface area contributed by atoms with E-state index in [0.29, 0.717) is 17.0 Å². The van der Waals surface area contributed by atoms with Crippen LogP contribution in [-0.2, 0) is 0 Å². The van der Waals surface area contributed by atoms with Crippen LogP contribution in [0.25, 0.3) is 89.1 Å². The molecule has 0 aliphatic rings. The SMILES string of the molecule is N#Cc1ccc(-c2nc3ccccc3nc2-c2cc(-c3ccccc3)cc(-c3ccc(-c4ccc5oc6ccccc6c5c4)cc3)n2)cc1. The Bertz CT molecular complexity index is 2710. The fourth-order valence-electron chi connectivity index (χ4n) is 6.42. The van der Waals surface area contributed by atoms with Crippen molar-refractivity contribution in [1.82, 2.24) is 15.0 Å². The molecule has 49 heavy (non-hydrogen) atoms. The Labute approximate surface area is 282 Å². The van der Waals surface area contributed by atoms with Crippen LogP contribution in [0.3, 0.4) is 0 Å². The Morgan fingerprint density at radius 2 is 1.00 bits per heavy atom. The topological polar surface area (TPSA) is 75.6 Å². The summed E-state index contributed by atoms with van der Waals surface area (Å²) >= 11 is 0. The van der Waals surface area contributed by atoms with E-state index in [4.69, 9.17) is 19.4 Å². The molecule has 3 heterocycles. The molecule has 0 fully saturated rings. The summed E-state index contributed by atoms with van der Waals surface area (Å²) in [5, 5.41) is 11.6. The zero-order chi connectivity index (χ0) is 32.7. The Morgan fingerprint density at radius 3 is 1.78 bits per heavy atom. The largest absolute Gasteiger partial charge is 0.456 e. The number of rotatable bonds is 5. The van der Waals surface area contributed by atoms with Gasteiger partial charge in [0.25, 0.3) is 0 Å². The van der Waals surface area contributed by atoms with Crippen molar-refractivity contribution in [3.63, 3.8) is 0 Å². The third kappa shape index (κ3) is 5.18. The van der Waals surface area contributed by atoms with Crippen LogP contribution in [0.4, 0.5) is 0 Å². The van der Waals surface area contributed by atoms with Crippen LogP contribution in [0.15, 0.2) is 162 Å². The summed E-state index contributed by atoms with van der Waals surface area (Å²) in [4.78, 5) is 15.4. The number of hydrogen-bond donors (Lipinski definition) is 0. The van der Waals surface area contributed by atoms with E-state index in [9.17, 15) is 5.26 Å². The van der Waals surface area contributed by atoms with Crippen molar-refractivity contribution < 1.29 is 4.42 Å². The van der Waals surface area contributed by atoms with Crippen LogP contribution in [0.1, 0.15) is 5.56 Å². The molecule has 0 bridgehead atoms. The maximum absolute atomic E-state index is 9.41. The average Bonchev–Trinajstić information content (AvgIpc) is 3.56. The van der Waals surface area contributed by atoms with Gasteiger partial charge in [-0.2, -0.15) is 5.26 Å². The van der Waals surface area contributed by atoms with Crippen LogP contribution >= 0.6 is 0 Å². The predicted molar refractivity (Wildman–Crippen MR) is 197 cm³/mol. The first-order valence-electron chi connectivity index (χ1n) is 16.1. The van der Waals surface area contributed by atoms with Crippen molar-refractivity contribution >= 4 is 33.0 Å². The number of pyridine rings is 1. The summed E-state index contributed by atoms with van der Waals surface area (Å²) in [6, 6.07) is 55.1. The predicted octanol–water partition coefficient (Wildman–Crippen LogP) is 11.1. The molecule has 0 atom stereocenters. The molecule has 0 saturated carbocycles. The molecular weight excluding hydrogens is 601 g/mol. The molecule has 0 unspecified atom stereocenters. The Kier molecular flexibility index (Phi) is 6.78. The van der Waals surface area contributed by atoms with E-state index in [2.05, 4.69) is 72.8 Å². The number of fused-ring (bicyclic) bond motifs is 4. The van der Waals surface area contributed by atoms with Gasteiger partial charge in [0.1, 0.15) is 16.9 Å². The Hall–Kier alpha value is -6.90. The summed E-state index contributed by atoms with van der Waals surface area (Å²) in [7, 11) is 0. The highest BCUT2D eigenvalue weighted by atomic mass is 16.3. The Balaban J connectivity index is 1.19. The van der Waals surface area contributed by atoms with Crippen molar-refractivity contribution in [2.45, 2.75) is 0 Å². The monoisotopic (exact) mass is 626 g/mol. The fourth-order valence-corrected chi connectivity index (χ4v) is 6.42. The van der Waals surface area contributed by atoms with Gasteiger partial charge in [0.05, 0.1) is 39.7 Å². The van der Waals surface area contributed by atoms with Crippen molar-refractivity contribution in [2.24, 2.45) is 0 Å². The van der Waals surface area contributed by atoms with E-state index in [0.717, 1.165) is 77.7 Å². The molecular formula is C44H26N4O. The minimum absolute atomic E-state index is 0.590. The summed E-state index contributed by atoms with van der Waals surface area (Å²) in [5.74, 6) is 0. The molecule has 0 N–H and O–H groups in total. The minimum atomic E-state index is 0.590. The van der Waals surface area contributed by atoms with Crippen molar-refractivity contribution in [3.05, 3.63) is 163 Å². The standard InChI is InChI=1S/C44H26N4O/c45-27-28-14-16-32(17-15-28)43-44(48-38-12-6-5-11-37(38)47-43)40-26-34(29-8-2-1-3-9-29)25-39(46-40)31-20-18-30(19-21-31)33-22-23-42-36(24-33)35-10-4-7-13-41(35)49-42/h1-26H. The van der Waals surface area contributed by atoms with Gasteiger partial charge in [0.2, 0.25) is 0 Å². The van der Waals surface area contributed by atoms with Gasteiger partial charge in [0.15, 0.2) is 0 Å². The van der Waals surface area contributed by atoms with Crippen LogP contribution in [0, 0.1) is 11.3 Å². The third-order valence-electron chi connectivity index (χ3n) is 8.92. The average molecular weight is 627 g/mol. The lowest BCUT2D eigenvalue weighted by molar-refractivity contribution is 0.669. The zero-order valence-electron chi connectivity index (χ0n) is 26.2. The van der Waals surface area contributed by atoms with Gasteiger partial charge in [-0.15, -0.1) is 0 Å². The number of aromatic nitrogens is 3. The fraction of sp³-hybridized carbons (Fsp3) is 0. The highest BCUT2D eigenvalue weighted by molar-refractivity contribution is 6.06. The maximum Gasteiger partial charge on any atom is 0.135 e. The second kappa shape index (κ2) is 11.7. The van der Waals surface area contributed by atoms with Crippen molar-refractivity contribution in [1.29, 1.82) is 5.26 Å². The number of furan rings is 1. The summed E-state index contributed by atoms with van der Waals surface area (Å²) in [6.45, 7) is 0. The summed E-state index contributed by atoms with van der Waals surface area (Å²) in [6.07, 6.45) is 0. The number of nitrogens with zero attached hydrogens (tertiary/aromatic N) is 4. The van der Waals surface area contributed by atoms with Gasteiger partial charge in [0, 0.05) is 21.9 Å². The number of para-hydroxylation sites is 3. The molecule has 3 aromatic heterocycles. The van der Waals surface area contributed by atoms with E-state index in [1.807, 2.05) is 91.0 Å². The highest BCUT2D eigenvalue weighted by Crippen LogP contribution is 2.36. The van der Waals surface area contributed by atoms with Gasteiger partial charge in [-0.25, -0.2) is 15.0 Å². The van der Waals surface area contributed by atoms with E-state index in [1.165, 1.54) is 0 Å². The first kappa shape index (κ1) is 28.3. The molecule has 0 amide bonds. The van der Waals surface area contributed by atoms with Crippen LogP contribution in [0.2, 0.25) is 0 Å². The second-order valence-corrected chi connectivity index (χ2v) is 12.0. The molecule has 0 aliphatic carbocycles. The van der Waals surface area contributed by atoms with E-state index >= 15 is 0 Å². The minimum Gasteiger partial charge on any atom is -0.456 e. The van der Waals surface area contributed by atoms with Crippen molar-refractivity contribution in [2.75, 3.05) is 0 Å². The van der Waals surface area contributed by atoms with Gasteiger partial charge >= 0.3 is 0 Å². The van der Waals surface area contributed by atoms with E-state index in [1.54, 1.807) is 0 Å². The van der Waals surface area contributed by atoms with Gasteiger partial charge in [-0.1, -0.05) is 103 Å². The van der Waals surface area contributed by atoms with Gasteiger partial charge < -0.3 is 4.42 Å². The number of nitriles is 1. The lowest BCUT2D eigenvalue weighted by Gasteiger charge is -2.14. The molecule has 0 radical (unpaired) electrons. The molecule has 5 nitrogen and oxygen atoms in total. The maximum atomic E-state index is 9.41. The zero-order valence-corrected chi connectivity index (χ0v) is 26.2. The lowest BCUT2D eigenvalue weighted by Crippen LogP contribution is -1.99. The van der Waals surface area contributed by atoms with Gasteiger partial charge in [-0.05, 0) is 76.9 Å². The smallest absolute Gasteiger partial charge is 0.135 e. The quantitative estimate of drug-likeness (QED) is 0.190. The first-order chi connectivity index (χ1) is 24.2. The molecule has 0 aliphatic heterocycles. The first-order valence-corrected chi connectivity index (χ1v) is 16.1. The van der Waals surface area contributed by atoms with E-state index in [-0.39, 0.29) is 0 Å².